The van der Waals surface area contributed by atoms with E-state index in [1.54, 1.807) is 17.4 Å². The van der Waals surface area contributed by atoms with E-state index in [4.69, 9.17) is 4.74 Å². The van der Waals surface area contributed by atoms with E-state index < -0.39 is 0 Å². The van der Waals surface area contributed by atoms with Gasteiger partial charge in [-0.15, -0.1) is 11.3 Å². The third kappa shape index (κ3) is 2.91. The molecule has 0 fully saturated rings. The fourth-order valence-electron chi connectivity index (χ4n) is 1.76. The van der Waals surface area contributed by atoms with Crippen LogP contribution in [0.25, 0.3) is 10.4 Å². The van der Waals surface area contributed by atoms with Crippen LogP contribution in [0.3, 0.4) is 0 Å². The van der Waals surface area contributed by atoms with Crippen molar-refractivity contribution in [1.29, 1.82) is 0 Å². The van der Waals surface area contributed by atoms with Crippen LogP contribution in [0.2, 0.25) is 0 Å². The minimum atomic E-state index is -0.217. The summed E-state index contributed by atoms with van der Waals surface area (Å²) in [6.45, 7) is 4.77. The number of halogens is 1. The molecule has 0 unspecified atom stereocenters. The van der Waals surface area contributed by atoms with Crippen molar-refractivity contribution in [2.75, 3.05) is 6.61 Å². The highest BCUT2D eigenvalue weighted by Crippen LogP contribution is 2.36. The van der Waals surface area contributed by atoms with Gasteiger partial charge in [-0.3, -0.25) is 0 Å². The molecule has 0 aliphatic carbocycles. The molecule has 0 saturated heterocycles. The fourth-order valence-corrected chi connectivity index (χ4v) is 2.68. The highest BCUT2D eigenvalue weighted by atomic mass is 32.1. The van der Waals surface area contributed by atoms with Gasteiger partial charge < -0.3 is 4.74 Å². The maximum absolute atomic E-state index is 14.0. The predicted molar refractivity (Wildman–Crippen MR) is 74.9 cm³/mol. The summed E-state index contributed by atoms with van der Waals surface area (Å²) in [6.07, 6.45) is 2.06. The van der Waals surface area contributed by atoms with Gasteiger partial charge in [0.2, 0.25) is 0 Å². The molecule has 1 aromatic heterocycles. The van der Waals surface area contributed by atoms with E-state index in [-0.39, 0.29) is 5.82 Å². The number of thiophene rings is 1. The highest BCUT2D eigenvalue weighted by molar-refractivity contribution is 7.15. The molecule has 0 amide bonds. The molecule has 0 saturated carbocycles. The van der Waals surface area contributed by atoms with Gasteiger partial charge in [0.1, 0.15) is 11.6 Å². The smallest absolute Gasteiger partial charge is 0.135 e. The van der Waals surface area contributed by atoms with Crippen molar-refractivity contribution in [3.63, 3.8) is 0 Å². The zero-order valence-electron chi connectivity index (χ0n) is 10.7. The fraction of sp³-hybridized carbons (Fsp3) is 0.333. The summed E-state index contributed by atoms with van der Waals surface area (Å²) in [5, 5.41) is 0. The SMILES string of the molecule is CCCCOc1cccc(F)c1-c1ccc(C)s1. The Morgan fingerprint density at radius 2 is 2.06 bits per heavy atom. The highest BCUT2D eigenvalue weighted by Gasteiger charge is 2.13. The quantitative estimate of drug-likeness (QED) is 0.687. The Kier molecular flexibility index (Phi) is 4.37. The lowest BCUT2D eigenvalue weighted by atomic mass is 10.1. The molecule has 0 aliphatic rings. The lowest BCUT2D eigenvalue weighted by Crippen LogP contribution is -1.98. The summed E-state index contributed by atoms with van der Waals surface area (Å²) in [6, 6.07) is 8.97. The molecule has 96 valence electrons. The second-order valence-electron chi connectivity index (χ2n) is 4.23. The van der Waals surface area contributed by atoms with Crippen molar-refractivity contribution in [2.24, 2.45) is 0 Å². The third-order valence-electron chi connectivity index (χ3n) is 2.72. The molecule has 1 nitrogen and oxygen atoms in total. The second kappa shape index (κ2) is 6.01. The van der Waals surface area contributed by atoms with Gasteiger partial charge in [0.05, 0.1) is 12.2 Å². The van der Waals surface area contributed by atoms with Crippen molar-refractivity contribution in [3.05, 3.63) is 41.0 Å². The Labute approximate surface area is 111 Å². The van der Waals surface area contributed by atoms with Gasteiger partial charge >= 0.3 is 0 Å². The number of hydrogen-bond donors (Lipinski definition) is 0. The Hall–Kier alpha value is -1.35. The molecule has 0 aliphatic heterocycles. The lowest BCUT2D eigenvalue weighted by Gasteiger charge is -2.10. The van der Waals surface area contributed by atoms with Crippen LogP contribution in [0.15, 0.2) is 30.3 Å². The normalized spacial score (nSPS) is 10.6. The summed E-state index contributed by atoms with van der Waals surface area (Å²) in [4.78, 5) is 2.10. The van der Waals surface area contributed by atoms with Crippen molar-refractivity contribution in [2.45, 2.75) is 26.7 Å². The summed E-state index contributed by atoms with van der Waals surface area (Å²) >= 11 is 1.59. The van der Waals surface area contributed by atoms with Gasteiger partial charge in [0.25, 0.3) is 0 Å². The molecule has 0 bridgehead atoms. The number of aryl methyl sites for hydroxylation is 1. The Balaban J connectivity index is 2.32. The molecular weight excluding hydrogens is 247 g/mol. The average molecular weight is 264 g/mol. The first kappa shape index (κ1) is 13.1. The van der Waals surface area contributed by atoms with Crippen LogP contribution < -0.4 is 4.74 Å². The number of ether oxygens (including phenoxy) is 1. The van der Waals surface area contributed by atoms with Crippen molar-refractivity contribution < 1.29 is 9.13 Å². The number of unbranched alkanes of at least 4 members (excludes halogenated alkanes) is 1. The van der Waals surface area contributed by atoms with Crippen LogP contribution in [0.4, 0.5) is 4.39 Å². The van der Waals surface area contributed by atoms with E-state index in [9.17, 15) is 4.39 Å². The van der Waals surface area contributed by atoms with Gasteiger partial charge in [-0.2, -0.15) is 0 Å². The van der Waals surface area contributed by atoms with Gasteiger partial charge in [-0.05, 0) is 37.6 Å². The first-order chi connectivity index (χ1) is 8.72. The van der Waals surface area contributed by atoms with Crippen molar-refractivity contribution >= 4 is 11.3 Å². The Morgan fingerprint density at radius 3 is 2.72 bits per heavy atom. The van der Waals surface area contributed by atoms with Gasteiger partial charge in [0.15, 0.2) is 0 Å². The van der Waals surface area contributed by atoms with Crippen LogP contribution in [0.1, 0.15) is 24.6 Å². The number of benzene rings is 1. The second-order valence-corrected chi connectivity index (χ2v) is 5.51. The van der Waals surface area contributed by atoms with Crippen LogP contribution in [-0.4, -0.2) is 6.61 Å². The summed E-state index contributed by atoms with van der Waals surface area (Å²) in [5.74, 6) is 0.427. The monoisotopic (exact) mass is 264 g/mol. The van der Waals surface area contributed by atoms with Gasteiger partial charge in [0, 0.05) is 9.75 Å². The van der Waals surface area contributed by atoms with E-state index in [0.29, 0.717) is 17.9 Å². The molecular formula is C15H17FOS. The van der Waals surface area contributed by atoms with Crippen LogP contribution in [0.5, 0.6) is 5.75 Å². The average Bonchev–Trinajstić information content (AvgIpc) is 2.76. The molecule has 18 heavy (non-hydrogen) atoms. The standard InChI is InChI=1S/C15H17FOS/c1-3-4-10-17-13-7-5-6-12(16)15(13)14-9-8-11(2)18-14/h5-9H,3-4,10H2,1-2H3. The molecule has 2 rings (SSSR count). The molecule has 2 aromatic rings. The topological polar surface area (TPSA) is 9.23 Å². The van der Waals surface area contributed by atoms with E-state index in [1.807, 2.05) is 25.1 Å². The van der Waals surface area contributed by atoms with Gasteiger partial charge in [-0.1, -0.05) is 19.4 Å². The molecule has 1 heterocycles. The summed E-state index contributed by atoms with van der Waals surface area (Å²) in [5.41, 5.74) is 0.590. The first-order valence-electron chi connectivity index (χ1n) is 6.20. The minimum Gasteiger partial charge on any atom is -0.493 e. The Bertz CT molecular complexity index is 519. The number of hydrogen-bond acceptors (Lipinski definition) is 2. The largest absolute Gasteiger partial charge is 0.493 e. The molecule has 0 spiro atoms. The first-order valence-corrected chi connectivity index (χ1v) is 7.02. The van der Waals surface area contributed by atoms with Crippen LogP contribution in [0, 0.1) is 12.7 Å². The third-order valence-corrected chi connectivity index (χ3v) is 3.74. The van der Waals surface area contributed by atoms with Crippen molar-refractivity contribution in [1.82, 2.24) is 0 Å². The summed E-state index contributed by atoms with van der Waals surface area (Å²) in [7, 11) is 0. The zero-order valence-corrected chi connectivity index (χ0v) is 11.5. The molecule has 3 heteroatoms. The van der Waals surface area contributed by atoms with E-state index in [1.165, 1.54) is 10.9 Å². The maximum Gasteiger partial charge on any atom is 0.135 e. The van der Waals surface area contributed by atoms with Crippen molar-refractivity contribution in [3.8, 4) is 16.2 Å². The predicted octanol–water partition coefficient (Wildman–Crippen LogP) is 5.04. The zero-order chi connectivity index (χ0) is 13.0. The Morgan fingerprint density at radius 1 is 1.22 bits per heavy atom. The van der Waals surface area contributed by atoms with E-state index in [0.717, 1.165) is 17.7 Å². The van der Waals surface area contributed by atoms with Crippen LogP contribution >= 0.6 is 11.3 Å². The van der Waals surface area contributed by atoms with E-state index >= 15 is 0 Å². The van der Waals surface area contributed by atoms with E-state index in [2.05, 4.69) is 6.92 Å². The molecule has 0 N–H and O–H groups in total. The van der Waals surface area contributed by atoms with Crippen LogP contribution in [-0.2, 0) is 0 Å². The maximum atomic E-state index is 14.0. The van der Waals surface area contributed by atoms with Gasteiger partial charge in [-0.25, -0.2) is 4.39 Å². The molecule has 0 radical (unpaired) electrons. The summed E-state index contributed by atoms with van der Waals surface area (Å²) < 4.78 is 19.7. The molecule has 0 atom stereocenters. The minimum absolute atomic E-state index is 0.217. The number of rotatable bonds is 5. The lowest BCUT2D eigenvalue weighted by molar-refractivity contribution is 0.309. The molecule has 1 aromatic carbocycles.